The summed E-state index contributed by atoms with van der Waals surface area (Å²) in [6, 6.07) is 35.0. The van der Waals surface area contributed by atoms with Crippen molar-refractivity contribution in [1.29, 1.82) is 0 Å². The summed E-state index contributed by atoms with van der Waals surface area (Å²) >= 11 is -2.88. The van der Waals surface area contributed by atoms with E-state index in [-0.39, 0.29) is 41.1 Å². The molecule has 0 spiro atoms. The van der Waals surface area contributed by atoms with Crippen molar-refractivity contribution in [1.82, 2.24) is 0 Å². The van der Waals surface area contributed by atoms with Gasteiger partial charge < -0.3 is 0 Å². The van der Waals surface area contributed by atoms with Crippen LogP contribution in [0.2, 0.25) is 0 Å². The average Bonchev–Trinajstić information content (AvgIpc) is 3.55. The van der Waals surface area contributed by atoms with Crippen LogP contribution in [0.1, 0.15) is 109 Å². The second-order valence-corrected chi connectivity index (χ2v) is 22.1. The zero-order valence-electron chi connectivity index (χ0n) is 30.0. The molecule has 0 radical (unpaired) electrons. The van der Waals surface area contributed by atoms with Gasteiger partial charge in [0.25, 0.3) is 0 Å². The van der Waals surface area contributed by atoms with E-state index in [0.29, 0.717) is 0 Å². The van der Waals surface area contributed by atoms with E-state index < -0.39 is 21.3 Å². The van der Waals surface area contributed by atoms with Crippen molar-refractivity contribution >= 4 is 31.3 Å². The predicted molar refractivity (Wildman–Crippen MR) is 207 cm³/mol. The van der Waals surface area contributed by atoms with Crippen molar-refractivity contribution in [3.8, 4) is 11.1 Å². The Kier molecular flexibility index (Phi) is 11.1. The van der Waals surface area contributed by atoms with Gasteiger partial charge in [0, 0.05) is 0 Å². The fourth-order valence-electron chi connectivity index (χ4n) is 7.24. The molecule has 0 saturated carbocycles. The van der Waals surface area contributed by atoms with E-state index >= 15 is 0 Å². The third-order valence-corrected chi connectivity index (χ3v) is 18.0. The van der Waals surface area contributed by atoms with Gasteiger partial charge in [-0.2, -0.15) is 0 Å². The molecule has 246 valence electrons. The van der Waals surface area contributed by atoms with Gasteiger partial charge in [0.15, 0.2) is 0 Å². The Labute approximate surface area is 304 Å². The number of hydrogen-bond donors (Lipinski definition) is 0. The Morgan fingerprint density at radius 1 is 0.596 bits per heavy atom. The van der Waals surface area contributed by atoms with Crippen molar-refractivity contribution < 1.29 is 21.3 Å². The van der Waals surface area contributed by atoms with E-state index in [0.717, 1.165) is 12.8 Å². The fraction of sp³-hybridized carbons (Fsp3) is 0.341. The van der Waals surface area contributed by atoms with E-state index in [1.165, 1.54) is 39.0 Å². The molecule has 0 aliphatic heterocycles. The van der Waals surface area contributed by atoms with Crippen LogP contribution in [-0.4, -0.2) is 3.21 Å². The van der Waals surface area contributed by atoms with Crippen LogP contribution in [0.3, 0.4) is 0 Å². The zero-order valence-corrected chi connectivity index (χ0v) is 34.1. The maximum absolute atomic E-state index is 2.88. The van der Waals surface area contributed by atoms with Crippen molar-refractivity contribution in [2.75, 3.05) is 0 Å². The molecule has 0 unspecified atom stereocenters. The molecule has 4 aromatic rings. The van der Waals surface area contributed by atoms with Gasteiger partial charge in [-0.25, -0.2) is 0 Å². The molecule has 0 aromatic heterocycles. The minimum absolute atomic E-state index is 0. The van der Waals surface area contributed by atoms with Gasteiger partial charge in [-0.05, 0) is 0 Å². The maximum atomic E-state index is 2.55. The van der Waals surface area contributed by atoms with Gasteiger partial charge in [0.05, 0.1) is 0 Å². The molecule has 0 atom stereocenters. The molecule has 3 heteroatoms. The van der Waals surface area contributed by atoms with Crippen LogP contribution in [0.25, 0.3) is 11.1 Å². The molecular weight excluding hydrogens is 691 g/mol. The van der Waals surface area contributed by atoms with Gasteiger partial charge >= 0.3 is 282 Å². The molecule has 47 heavy (non-hydrogen) atoms. The molecule has 2 aliphatic carbocycles. The summed E-state index contributed by atoms with van der Waals surface area (Å²) < 4.78 is 5.08. The van der Waals surface area contributed by atoms with Crippen LogP contribution in [0.15, 0.2) is 111 Å². The topological polar surface area (TPSA) is 0 Å². The summed E-state index contributed by atoms with van der Waals surface area (Å²) in [7, 11) is 0. The molecule has 0 saturated heterocycles. The van der Waals surface area contributed by atoms with Gasteiger partial charge in [-0.15, -0.1) is 24.8 Å². The minimum Gasteiger partial charge on any atom is -0.147 e. The molecule has 0 amide bonds. The number of hydrogen-bond acceptors (Lipinski definition) is 0. The molecule has 0 nitrogen and oxygen atoms in total. The second-order valence-electron chi connectivity index (χ2n) is 16.3. The minimum atomic E-state index is -2.88. The third kappa shape index (κ3) is 7.34. The number of benzene rings is 4. The monoisotopic (exact) mass is 740 g/mol. The van der Waals surface area contributed by atoms with Gasteiger partial charge in [0.1, 0.15) is 0 Å². The molecule has 4 aromatic carbocycles. The van der Waals surface area contributed by atoms with Crippen LogP contribution in [-0.2, 0) is 38.5 Å². The number of fused-ring (bicyclic) bond motifs is 3. The van der Waals surface area contributed by atoms with E-state index in [1.807, 2.05) is 0 Å². The smallest absolute Gasteiger partial charge is 0.147 e. The number of rotatable bonds is 4. The average molecular weight is 743 g/mol. The standard InChI is InChI=1S/C21H25.C13H10.C10H15.2ClH.Zr/c1-20(2,3)16-7-9-18-14(12-16)11-15-13-17(21(4,5)6)8-10-19(15)18;1-3-7-12(8-4-1)11-13-9-5-2-6-10-13;1-8-5-6-9(7-8)10(2,3)4;;;/h7-10,12H,11H2,1-6H3;1-10H;7H,6H2,1-4H3;2*1H;. The van der Waals surface area contributed by atoms with Crippen molar-refractivity contribution in [3.05, 3.63) is 145 Å². The molecule has 0 heterocycles. The predicted octanol–water partition coefficient (Wildman–Crippen LogP) is 11.9. The summed E-state index contributed by atoms with van der Waals surface area (Å²) in [6.07, 6.45) is 4.68. The largest absolute Gasteiger partial charge is 0.147 e. The first-order chi connectivity index (χ1) is 21.1. The van der Waals surface area contributed by atoms with E-state index in [9.17, 15) is 0 Å². The first-order valence-corrected chi connectivity index (χ1v) is 20.4. The van der Waals surface area contributed by atoms with E-state index in [1.54, 1.807) is 26.5 Å². The maximum Gasteiger partial charge on any atom is -0.147 e. The Bertz CT molecular complexity index is 1830. The summed E-state index contributed by atoms with van der Waals surface area (Å²) in [5.74, 6) is 0. The van der Waals surface area contributed by atoms with Gasteiger partial charge in [0.2, 0.25) is 0 Å². The first kappa shape index (κ1) is 37.5. The third-order valence-electron chi connectivity index (χ3n) is 9.87. The molecule has 2 aliphatic rings. The second kappa shape index (κ2) is 13.9. The Morgan fingerprint density at radius 2 is 1.15 bits per heavy atom. The quantitative estimate of drug-likeness (QED) is 0.172. The Hall–Kier alpha value is -2.31. The summed E-state index contributed by atoms with van der Waals surface area (Å²) in [6.45, 7) is 23.9. The first-order valence-electron chi connectivity index (χ1n) is 16.7. The molecule has 0 fully saturated rings. The fourth-order valence-corrected chi connectivity index (χ4v) is 16.7. The molecular formula is C44H52Cl2Zr. The van der Waals surface area contributed by atoms with Gasteiger partial charge in [-0.1, -0.05) is 0 Å². The van der Waals surface area contributed by atoms with Crippen LogP contribution in [0.4, 0.5) is 0 Å². The molecule has 0 N–H and O–H groups in total. The Morgan fingerprint density at radius 3 is 1.64 bits per heavy atom. The van der Waals surface area contributed by atoms with E-state index in [4.69, 9.17) is 0 Å². The van der Waals surface area contributed by atoms with E-state index in [2.05, 4.69) is 166 Å². The van der Waals surface area contributed by atoms with Crippen LogP contribution < -0.4 is 3.27 Å². The van der Waals surface area contributed by atoms with Crippen molar-refractivity contribution in [2.45, 2.75) is 92.9 Å². The van der Waals surface area contributed by atoms with Crippen molar-refractivity contribution in [2.24, 2.45) is 5.41 Å². The number of allylic oxidation sites excluding steroid dienone is 4. The van der Waals surface area contributed by atoms with Crippen LogP contribution in [0.5, 0.6) is 0 Å². The summed E-state index contributed by atoms with van der Waals surface area (Å²) in [4.78, 5) is 0. The van der Waals surface area contributed by atoms with Crippen LogP contribution in [0, 0.1) is 5.41 Å². The summed E-state index contributed by atoms with van der Waals surface area (Å²) in [5, 5.41) is 0. The van der Waals surface area contributed by atoms with Gasteiger partial charge in [-0.3, -0.25) is 0 Å². The summed E-state index contributed by atoms with van der Waals surface area (Å²) in [5.41, 5.74) is 15.2. The number of halogens is 2. The SMILES string of the molecule is CC1=[C]([Zr](=[C](c2ccccc2)c2ccccc2)[c]2c(C(C)(C)C)ccc3c2Cc2cc(C(C)(C)C)ccc2-3)CC(C(C)(C)C)=C1.Cl.Cl. The van der Waals surface area contributed by atoms with Crippen LogP contribution >= 0.6 is 24.8 Å². The zero-order chi connectivity index (χ0) is 32.3. The normalized spacial score (nSPS) is 14.1. The Balaban J connectivity index is 0.00000250. The van der Waals surface area contributed by atoms with Crippen molar-refractivity contribution in [3.63, 3.8) is 0 Å². The molecule has 0 bridgehead atoms. The molecule has 6 rings (SSSR count).